The summed E-state index contributed by atoms with van der Waals surface area (Å²) in [6, 6.07) is 7.16. The average Bonchev–Trinajstić information content (AvgIpc) is 3.29. The van der Waals surface area contributed by atoms with Gasteiger partial charge in [0, 0.05) is 29.4 Å². The Balaban J connectivity index is 1.58. The van der Waals surface area contributed by atoms with Crippen molar-refractivity contribution in [3.63, 3.8) is 0 Å². The van der Waals surface area contributed by atoms with Crippen LogP contribution in [0.4, 0.5) is 4.39 Å². The quantitative estimate of drug-likeness (QED) is 0.540. The zero-order valence-electron chi connectivity index (χ0n) is 17.0. The first-order valence-corrected chi connectivity index (χ1v) is 10.2. The van der Waals surface area contributed by atoms with E-state index in [1.807, 2.05) is 32.2 Å². The van der Waals surface area contributed by atoms with Crippen LogP contribution < -0.4 is 10.6 Å². The van der Waals surface area contributed by atoms with Gasteiger partial charge in [0.15, 0.2) is 11.5 Å². The molecule has 1 aliphatic heterocycles. The van der Waals surface area contributed by atoms with Crippen molar-refractivity contribution >= 4 is 22.5 Å². The number of imidazole rings is 1. The van der Waals surface area contributed by atoms with Crippen molar-refractivity contribution in [2.24, 2.45) is 0 Å². The third kappa shape index (κ3) is 3.25. The molecule has 5 rings (SSSR count). The number of nitrogens with one attached hydrogen (secondary N) is 2. The number of aryl methyl sites for hydroxylation is 2. The first kappa shape index (κ1) is 18.8. The monoisotopic (exact) mass is 406 g/mol. The summed E-state index contributed by atoms with van der Waals surface area (Å²) in [6.07, 6.45) is 5.46. The molecule has 154 valence electrons. The maximum absolute atomic E-state index is 14.6. The minimum Gasteiger partial charge on any atom is -0.461 e. The topological polar surface area (TPSA) is 71.6 Å². The fourth-order valence-corrected chi connectivity index (χ4v) is 4.23. The number of aromatic nitrogens is 2. The lowest BCUT2D eigenvalue weighted by Crippen LogP contribution is -2.42. The molecule has 0 atom stereocenters. The van der Waals surface area contributed by atoms with Gasteiger partial charge in [0.2, 0.25) is 0 Å². The highest BCUT2D eigenvalue weighted by Crippen LogP contribution is 2.34. The fraction of sp³-hybridized carbons (Fsp3) is 0.304. The van der Waals surface area contributed by atoms with Crippen molar-refractivity contribution in [1.29, 1.82) is 0 Å². The molecule has 0 radical (unpaired) electrons. The second-order valence-corrected chi connectivity index (χ2v) is 7.95. The number of rotatable bonds is 3. The number of hydrogen-bond donors (Lipinski definition) is 2. The minimum atomic E-state index is -0.387. The Kier molecular flexibility index (Phi) is 4.55. The normalized spacial score (nSPS) is 15.2. The van der Waals surface area contributed by atoms with Crippen LogP contribution in [0, 0.1) is 19.7 Å². The third-order valence-corrected chi connectivity index (χ3v) is 5.66. The molecule has 4 aromatic rings. The molecule has 2 N–H and O–H groups in total. The van der Waals surface area contributed by atoms with E-state index in [9.17, 15) is 9.18 Å². The summed E-state index contributed by atoms with van der Waals surface area (Å²) >= 11 is 0. The highest BCUT2D eigenvalue weighted by atomic mass is 19.1. The molecular weight excluding hydrogens is 383 g/mol. The van der Waals surface area contributed by atoms with E-state index in [1.165, 1.54) is 6.07 Å². The third-order valence-electron chi connectivity index (χ3n) is 5.66. The molecule has 1 amide bonds. The lowest BCUT2D eigenvalue weighted by atomic mass is 9.99. The van der Waals surface area contributed by atoms with Crippen LogP contribution in [0.2, 0.25) is 0 Å². The van der Waals surface area contributed by atoms with Gasteiger partial charge in [-0.1, -0.05) is 6.07 Å². The molecule has 4 heterocycles. The van der Waals surface area contributed by atoms with Gasteiger partial charge in [-0.25, -0.2) is 9.37 Å². The Morgan fingerprint density at radius 1 is 1.23 bits per heavy atom. The maximum Gasteiger partial charge on any atom is 0.255 e. The Morgan fingerprint density at radius 3 is 2.83 bits per heavy atom. The van der Waals surface area contributed by atoms with Gasteiger partial charge in [0.1, 0.15) is 11.3 Å². The molecule has 0 spiro atoms. The Labute approximate surface area is 173 Å². The van der Waals surface area contributed by atoms with Crippen molar-refractivity contribution in [2.45, 2.75) is 32.7 Å². The van der Waals surface area contributed by atoms with Crippen LogP contribution in [0.25, 0.3) is 27.7 Å². The highest BCUT2D eigenvalue weighted by Gasteiger charge is 2.21. The number of pyridine rings is 1. The molecule has 0 saturated carbocycles. The first-order chi connectivity index (χ1) is 14.5. The SMILES string of the molecule is Cc1cn2cc(-c3ccc(C(=O)NC4CCNCC4)c4oc(C)cc34)cc(F)c2n1. The van der Waals surface area contributed by atoms with E-state index >= 15 is 0 Å². The molecule has 1 fully saturated rings. The molecule has 30 heavy (non-hydrogen) atoms. The predicted octanol–water partition coefficient (Wildman–Crippen LogP) is 3.99. The fourth-order valence-electron chi connectivity index (χ4n) is 4.23. The summed E-state index contributed by atoms with van der Waals surface area (Å²) in [6.45, 7) is 5.49. The van der Waals surface area contributed by atoms with E-state index in [1.54, 1.807) is 16.7 Å². The van der Waals surface area contributed by atoms with Crippen molar-refractivity contribution in [3.8, 4) is 11.1 Å². The number of piperidine rings is 1. The highest BCUT2D eigenvalue weighted by molar-refractivity contribution is 6.09. The number of amides is 1. The molecular formula is C23H23FN4O2. The molecule has 0 bridgehead atoms. The van der Waals surface area contributed by atoms with E-state index in [0.29, 0.717) is 28.1 Å². The second-order valence-electron chi connectivity index (χ2n) is 7.95. The van der Waals surface area contributed by atoms with E-state index in [2.05, 4.69) is 15.6 Å². The van der Waals surface area contributed by atoms with E-state index in [0.717, 1.165) is 42.6 Å². The van der Waals surface area contributed by atoms with E-state index in [-0.39, 0.29) is 17.8 Å². The number of carbonyl (C=O) groups excluding carboxylic acids is 1. The molecule has 6 nitrogen and oxygen atoms in total. The lowest BCUT2D eigenvalue weighted by Gasteiger charge is -2.23. The number of hydrogen-bond acceptors (Lipinski definition) is 4. The number of carbonyl (C=O) groups is 1. The van der Waals surface area contributed by atoms with Gasteiger partial charge in [-0.05, 0) is 63.5 Å². The molecule has 1 aliphatic rings. The smallest absolute Gasteiger partial charge is 0.255 e. The standard InChI is InChI=1S/C23H23FN4O2/c1-13-11-28-12-15(10-20(24)22(28)26-13)17-3-4-18(21-19(17)9-14(2)30-21)23(29)27-16-5-7-25-8-6-16/h3-4,9-12,16,25H,5-8H2,1-2H3,(H,27,29). The molecule has 1 aromatic carbocycles. The van der Waals surface area contributed by atoms with Crippen LogP contribution in [0.5, 0.6) is 0 Å². The Morgan fingerprint density at radius 2 is 2.03 bits per heavy atom. The van der Waals surface area contributed by atoms with Crippen molar-refractivity contribution in [2.75, 3.05) is 13.1 Å². The van der Waals surface area contributed by atoms with Gasteiger partial charge < -0.3 is 19.5 Å². The van der Waals surface area contributed by atoms with E-state index in [4.69, 9.17) is 4.42 Å². The Hall–Kier alpha value is -3.19. The number of benzene rings is 1. The van der Waals surface area contributed by atoms with Crippen LogP contribution in [0.3, 0.4) is 0 Å². The Bertz CT molecular complexity index is 1270. The molecule has 7 heteroatoms. The summed E-state index contributed by atoms with van der Waals surface area (Å²) < 4.78 is 22.2. The molecule has 3 aromatic heterocycles. The van der Waals surface area contributed by atoms with Crippen LogP contribution in [-0.4, -0.2) is 34.4 Å². The van der Waals surface area contributed by atoms with Crippen molar-refractivity contribution in [3.05, 3.63) is 59.5 Å². The number of fused-ring (bicyclic) bond motifs is 2. The zero-order valence-corrected chi connectivity index (χ0v) is 17.0. The summed E-state index contributed by atoms with van der Waals surface area (Å²) in [4.78, 5) is 17.2. The van der Waals surface area contributed by atoms with Crippen LogP contribution in [0.15, 0.2) is 41.1 Å². The summed E-state index contributed by atoms with van der Waals surface area (Å²) in [5.74, 6) is 0.176. The van der Waals surface area contributed by atoms with Crippen LogP contribution in [0.1, 0.15) is 34.7 Å². The van der Waals surface area contributed by atoms with Gasteiger partial charge in [-0.3, -0.25) is 4.79 Å². The number of nitrogens with zero attached hydrogens (tertiary/aromatic N) is 2. The van der Waals surface area contributed by atoms with Gasteiger partial charge in [-0.15, -0.1) is 0 Å². The van der Waals surface area contributed by atoms with Gasteiger partial charge in [-0.2, -0.15) is 0 Å². The van der Waals surface area contributed by atoms with Gasteiger partial charge in [0.25, 0.3) is 5.91 Å². The number of halogens is 1. The molecule has 0 unspecified atom stereocenters. The minimum absolute atomic E-state index is 0.139. The second kappa shape index (κ2) is 7.25. The van der Waals surface area contributed by atoms with E-state index < -0.39 is 0 Å². The maximum atomic E-state index is 14.6. The lowest BCUT2D eigenvalue weighted by molar-refractivity contribution is 0.0930. The summed E-state index contributed by atoms with van der Waals surface area (Å²) in [7, 11) is 0. The summed E-state index contributed by atoms with van der Waals surface area (Å²) in [5.41, 5.74) is 3.59. The van der Waals surface area contributed by atoms with Crippen LogP contribution >= 0.6 is 0 Å². The zero-order chi connectivity index (χ0) is 20.8. The average molecular weight is 406 g/mol. The molecule has 0 aliphatic carbocycles. The summed E-state index contributed by atoms with van der Waals surface area (Å²) in [5, 5.41) is 7.21. The van der Waals surface area contributed by atoms with Crippen molar-refractivity contribution in [1.82, 2.24) is 20.0 Å². The predicted molar refractivity (Wildman–Crippen MR) is 113 cm³/mol. The molecule has 1 saturated heterocycles. The first-order valence-electron chi connectivity index (χ1n) is 10.2. The van der Waals surface area contributed by atoms with Gasteiger partial charge >= 0.3 is 0 Å². The van der Waals surface area contributed by atoms with Crippen molar-refractivity contribution < 1.29 is 13.6 Å². The largest absolute Gasteiger partial charge is 0.461 e. The number of furan rings is 1. The van der Waals surface area contributed by atoms with Gasteiger partial charge in [0.05, 0.1) is 11.3 Å². The van der Waals surface area contributed by atoms with Crippen LogP contribution in [-0.2, 0) is 0 Å².